The van der Waals surface area contributed by atoms with Gasteiger partial charge in [-0.25, -0.2) is 0 Å². The predicted molar refractivity (Wildman–Crippen MR) is 33.4 cm³/mol. The minimum absolute atomic E-state index is 0.615. The van der Waals surface area contributed by atoms with Crippen molar-refractivity contribution >= 4 is 23.2 Å². The van der Waals surface area contributed by atoms with Gasteiger partial charge in [-0.2, -0.15) is 0 Å². The summed E-state index contributed by atoms with van der Waals surface area (Å²) in [5, 5.41) is 0.615. The summed E-state index contributed by atoms with van der Waals surface area (Å²) in [7, 11) is 0. The molecule has 0 bridgehead atoms. The summed E-state index contributed by atoms with van der Waals surface area (Å²) in [6, 6.07) is 0. The third-order valence-corrected chi connectivity index (χ3v) is 1.18. The highest BCUT2D eigenvalue weighted by Gasteiger charge is 1.85. The number of allylic oxidation sites excluding steroid dienone is 1. The Bertz CT molecular complexity index is 66.5. The fraction of sp³-hybridized carbons (Fsp3) is 0.600. The molecule has 0 rings (SSSR count). The first-order chi connectivity index (χ1) is 3.31. The van der Waals surface area contributed by atoms with E-state index in [2.05, 4.69) is 5.54 Å². The highest BCUT2D eigenvalue weighted by molar-refractivity contribution is 6.34. The van der Waals surface area contributed by atoms with E-state index in [-0.39, 0.29) is 0 Å². The van der Waals surface area contributed by atoms with Crippen LogP contribution in [0.3, 0.4) is 0 Å². The second-order valence-electron chi connectivity index (χ2n) is 1.25. The van der Waals surface area contributed by atoms with E-state index < -0.39 is 0 Å². The lowest BCUT2D eigenvalue weighted by Crippen LogP contribution is -1.66. The van der Waals surface area contributed by atoms with Gasteiger partial charge < -0.3 is 0 Å². The maximum Gasteiger partial charge on any atom is 0.0749 e. The first kappa shape index (κ1) is 7.32. The molecule has 0 unspecified atom stereocenters. The van der Waals surface area contributed by atoms with Crippen LogP contribution >= 0.6 is 23.2 Å². The second kappa shape index (κ2) is 4.48. The zero-order valence-electron chi connectivity index (χ0n) is 4.17. The van der Waals surface area contributed by atoms with E-state index in [0.717, 1.165) is 12.8 Å². The Balaban J connectivity index is 3.17. The predicted octanol–water partition coefficient (Wildman–Crippen LogP) is 2.91. The maximum atomic E-state index is 5.44. The lowest BCUT2D eigenvalue weighted by molar-refractivity contribution is 0.944. The molecule has 2 heteroatoms. The topological polar surface area (TPSA) is 0 Å². The van der Waals surface area contributed by atoms with E-state index >= 15 is 0 Å². The Morgan fingerprint density at radius 2 is 2.29 bits per heavy atom. The Kier molecular flexibility index (Phi) is 4.68. The Labute approximate surface area is 54.1 Å². The molecule has 0 aromatic carbocycles. The van der Waals surface area contributed by atoms with E-state index in [1.807, 2.05) is 6.92 Å². The molecule has 0 fully saturated rings. The van der Waals surface area contributed by atoms with Crippen LogP contribution < -0.4 is 0 Å². The highest BCUT2D eigenvalue weighted by Crippen LogP contribution is 2.08. The molecule has 7 heavy (non-hydrogen) atoms. The van der Waals surface area contributed by atoms with Gasteiger partial charge >= 0.3 is 0 Å². The van der Waals surface area contributed by atoms with Crippen molar-refractivity contribution in [1.82, 2.24) is 0 Å². The van der Waals surface area contributed by atoms with Crippen LogP contribution in [0.15, 0.2) is 5.03 Å². The standard InChI is InChI=1S/C5H7Cl2/c1-2-3-5(7)4-6/h2-3H2,1H3. The third kappa shape index (κ3) is 4.17. The van der Waals surface area contributed by atoms with Crippen LogP contribution in [-0.4, -0.2) is 0 Å². The van der Waals surface area contributed by atoms with Crippen molar-refractivity contribution in [1.29, 1.82) is 0 Å². The molecule has 0 aliphatic heterocycles. The Morgan fingerprint density at radius 3 is 2.43 bits per heavy atom. The van der Waals surface area contributed by atoms with Gasteiger partial charge in [-0.3, -0.25) is 0 Å². The summed E-state index contributed by atoms with van der Waals surface area (Å²) in [6.45, 7) is 2.04. The summed E-state index contributed by atoms with van der Waals surface area (Å²) in [4.78, 5) is 0. The van der Waals surface area contributed by atoms with E-state index in [1.165, 1.54) is 0 Å². The van der Waals surface area contributed by atoms with Crippen molar-refractivity contribution in [3.8, 4) is 0 Å². The minimum Gasteiger partial charge on any atom is -0.0875 e. The zero-order chi connectivity index (χ0) is 5.70. The lowest BCUT2D eigenvalue weighted by Gasteiger charge is -1.86. The van der Waals surface area contributed by atoms with Crippen molar-refractivity contribution in [3.63, 3.8) is 0 Å². The fourth-order valence-corrected chi connectivity index (χ4v) is 0.550. The normalized spacial score (nSPS) is 12.1. The van der Waals surface area contributed by atoms with Gasteiger partial charge in [0, 0.05) is 5.03 Å². The van der Waals surface area contributed by atoms with Crippen LogP contribution in [0.5, 0.6) is 0 Å². The van der Waals surface area contributed by atoms with Crippen LogP contribution in [0.25, 0.3) is 0 Å². The van der Waals surface area contributed by atoms with Crippen LogP contribution in [0.4, 0.5) is 0 Å². The molecular weight excluding hydrogens is 131 g/mol. The summed E-state index contributed by atoms with van der Waals surface area (Å²) < 4.78 is 0. The summed E-state index contributed by atoms with van der Waals surface area (Å²) in [5.74, 6) is 0. The molecule has 0 saturated heterocycles. The SMILES string of the molecule is CCC/C(Cl)=[C]\Cl. The molecular formula is C5H7Cl2. The number of rotatable bonds is 2. The molecule has 0 aliphatic carbocycles. The van der Waals surface area contributed by atoms with Crippen LogP contribution in [0.2, 0.25) is 0 Å². The quantitative estimate of drug-likeness (QED) is 0.550. The fourth-order valence-electron chi connectivity index (χ4n) is 0.267. The molecule has 0 aliphatic rings. The summed E-state index contributed by atoms with van der Waals surface area (Å²) in [6.07, 6.45) is 1.86. The molecule has 0 aromatic rings. The van der Waals surface area contributed by atoms with Gasteiger partial charge in [0.15, 0.2) is 0 Å². The zero-order valence-corrected chi connectivity index (χ0v) is 5.68. The van der Waals surface area contributed by atoms with E-state index in [0.29, 0.717) is 5.03 Å². The molecule has 0 aromatic heterocycles. The number of hydrogen-bond donors (Lipinski definition) is 0. The molecule has 41 valence electrons. The van der Waals surface area contributed by atoms with Crippen LogP contribution in [-0.2, 0) is 0 Å². The van der Waals surface area contributed by atoms with Crippen molar-refractivity contribution < 1.29 is 0 Å². The molecule has 0 N–H and O–H groups in total. The van der Waals surface area contributed by atoms with Crippen LogP contribution in [0.1, 0.15) is 19.8 Å². The Hall–Kier alpha value is 0.320. The first-order valence-corrected chi connectivity index (χ1v) is 2.94. The molecule has 0 heterocycles. The smallest absolute Gasteiger partial charge is 0.0749 e. The number of halogens is 2. The minimum atomic E-state index is 0.615. The molecule has 0 atom stereocenters. The van der Waals surface area contributed by atoms with Gasteiger partial charge in [0.1, 0.15) is 0 Å². The molecule has 0 nitrogen and oxygen atoms in total. The van der Waals surface area contributed by atoms with Gasteiger partial charge in [-0.1, -0.05) is 36.5 Å². The van der Waals surface area contributed by atoms with Gasteiger partial charge in [0.05, 0.1) is 5.54 Å². The van der Waals surface area contributed by atoms with Gasteiger partial charge in [0.25, 0.3) is 0 Å². The molecule has 0 amide bonds. The highest BCUT2D eigenvalue weighted by atomic mass is 35.5. The maximum absolute atomic E-state index is 5.44. The molecule has 0 saturated carbocycles. The number of hydrogen-bond acceptors (Lipinski definition) is 0. The summed E-state index contributed by atoms with van der Waals surface area (Å²) in [5.41, 5.74) is 2.32. The largest absolute Gasteiger partial charge is 0.0875 e. The van der Waals surface area contributed by atoms with E-state index in [4.69, 9.17) is 23.2 Å². The summed E-state index contributed by atoms with van der Waals surface area (Å²) >= 11 is 10.6. The monoisotopic (exact) mass is 137 g/mol. The average molecular weight is 138 g/mol. The van der Waals surface area contributed by atoms with Gasteiger partial charge in [-0.15, -0.1) is 0 Å². The lowest BCUT2D eigenvalue weighted by atomic mass is 10.3. The Morgan fingerprint density at radius 1 is 1.71 bits per heavy atom. The molecule has 1 radical (unpaired) electrons. The van der Waals surface area contributed by atoms with Crippen molar-refractivity contribution in [2.45, 2.75) is 19.8 Å². The average Bonchev–Trinajstić information content (AvgIpc) is 1.68. The van der Waals surface area contributed by atoms with E-state index in [1.54, 1.807) is 0 Å². The molecule has 0 spiro atoms. The van der Waals surface area contributed by atoms with Gasteiger partial charge in [0.2, 0.25) is 0 Å². The van der Waals surface area contributed by atoms with E-state index in [9.17, 15) is 0 Å². The van der Waals surface area contributed by atoms with Crippen LogP contribution in [0, 0.1) is 5.54 Å². The third-order valence-electron chi connectivity index (χ3n) is 0.572. The second-order valence-corrected chi connectivity index (χ2v) is 1.89. The van der Waals surface area contributed by atoms with Crippen molar-refractivity contribution in [2.24, 2.45) is 0 Å². The van der Waals surface area contributed by atoms with Crippen molar-refractivity contribution in [2.75, 3.05) is 0 Å². The first-order valence-electron chi connectivity index (χ1n) is 2.19. The van der Waals surface area contributed by atoms with Crippen molar-refractivity contribution in [3.05, 3.63) is 10.6 Å². The van der Waals surface area contributed by atoms with Gasteiger partial charge in [-0.05, 0) is 6.42 Å².